The van der Waals surface area contributed by atoms with Crippen molar-refractivity contribution in [3.63, 3.8) is 0 Å². The molecule has 0 bridgehead atoms. The molecule has 1 aliphatic rings. The zero-order valence-corrected chi connectivity index (χ0v) is 27.9. The van der Waals surface area contributed by atoms with Gasteiger partial charge in [-0.1, -0.05) is 151 Å². The van der Waals surface area contributed by atoms with Gasteiger partial charge in [-0.25, -0.2) is 0 Å². The van der Waals surface area contributed by atoms with Gasteiger partial charge in [-0.2, -0.15) is 8.78 Å². The number of aryl methyl sites for hydroxylation is 1. The predicted octanol–water partition coefficient (Wildman–Crippen LogP) is 8.15. The highest BCUT2D eigenvalue weighted by atomic mass is 19.3. The minimum Gasteiger partial charge on any atom is -0.374 e. The summed E-state index contributed by atoms with van der Waals surface area (Å²) in [5.74, 6) is -7.13. The van der Waals surface area contributed by atoms with Crippen LogP contribution in [0.25, 0.3) is 0 Å². The van der Waals surface area contributed by atoms with Crippen LogP contribution in [0.3, 0.4) is 0 Å². The lowest BCUT2D eigenvalue weighted by Crippen LogP contribution is -2.72. The molecule has 0 saturated carbocycles. The van der Waals surface area contributed by atoms with Gasteiger partial charge in [0.05, 0.1) is 33.0 Å². The van der Waals surface area contributed by atoms with Crippen LogP contribution in [0, 0.1) is 6.92 Å². The van der Waals surface area contributed by atoms with E-state index in [4.69, 9.17) is 23.7 Å². The Morgan fingerprint density at radius 1 is 0.580 bits per heavy atom. The van der Waals surface area contributed by atoms with Gasteiger partial charge in [-0.3, -0.25) is 0 Å². The highest BCUT2D eigenvalue weighted by Gasteiger charge is 2.68. The number of ether oxygens (including phenoxy) is 5. The van der Waals surface area contributed by atoms with Crippen molar-refractivity contribution in [1.29, 1.82) is 0 Å². The largest absolute Gasteiger partial charge is 0.374 e. The van der Waals surface area contributed by atoms with Gasteiger partial charge in [0.1, 0.15) is 24.4 Å². The molecule has 8 heteroatoms. The summed E-state index contributed by atoms with van der Waals surface area (Å²) in [5, 5.41) is 12.4. The van der Waals surface area contributed by atoms with E-state index >= 15 is 8.78 Å². The molecule has 0 radical (unpaired) electrons. The van der Waals surface area contributed by atoms with Crippen molar-refractivity contribution in [2.45, 2.75) is 69.5 Å². The van der Waals surface area contributed by atoms with E-state index < -0.39 is 41.7 Å². The number of benzene rings is 5. The van der Waals surface area contributed by atoms with Crippen LogP contribution in [0.2, 0.25) is 0 Å². The number of hydrogen-bond acceptors (Lipinski definition) is 6. The van der Waals surface area contributed by atoms with Gasteiger partial charge in [-0.15, -0.1) is 0 Å². The molecule has 0 aromatic heterocycles. The average molecular weight is 681 g/mol. The van der Waals surface area contributed by atoms with E-state index in [2.05, 4.69) is 0 Å². The molecule has 260 valence electrons. The van der Waals surface area contributed by atoms with E-state index in [-0.39, 0.29) is 33.0 Å². The molecule has 1 heterocycles. The number of aliphatic hydroxyl groups is 1. The molecule has 6 rings (SSSR count). The summed E-state index contributed by atoms with van der Waals surface area (Å²) in [7, 11) is 0. The minimum absolute atomic E-state index is 0.0473. The first-order valence-corrected chi connectivity index (χ1v) is 16.8. The number of alkyl halides is 2. The van der Waals surface area contributed by atoms with Gasteiger partial charge in [0.2, 0.25) is 0 Å². The van der Waals surface area contributed by atoms with Crippen molar-refractivity contribution in [2.24, 2.45) is 0 Å². The molecule has 50 heavy (non-hydrogen) atoms. The fourth-order valence-corrected chi connectivity index (χ4v) is 6.08. The van der Waals surface area contributed by atoms with Gasteiger partial charge >= 0.3 is 5.92 Å². The third-order valence-electron chi connectivity index (χ3n) is 8.81. The lowest BCUT2D eigenvalue weighted by molar-refractivity contribution is -0.429. The lowest BCUT2D eigenvalue weighted by atomic mass is 9.85. The standard InChI is InChI=1S/C42H42F2O6/c1-31-22-24-36(25-23-31)41(43,44)42(45)40(49-29-35-20-12-5-13-21-35)39(48-28-34-18-10-4-11-19-34)38(47-27-33-16-8-3-9-17-33)37(50-42)30-46-26-32-14-6-2-7-15-32/h2-25,37-40,45H,26-30H2,1H3/t37-,38-,39+,40-,42-/m1/s1. The van der Waals surface area contributed by atoms with Crippen LogP contribution >= 0.6 is 0 Å². The molecule has 5 aromatic carbocycles. The van der Waals surface area contributed by atoms with Gasteiger partial charge in [0.15, 0.2) is 0 Å². The van der Waals surface area contributed by atoms with E-state index in [0.29, 0.717) is 0 Å². The Morgan fingerprint density at radius 3 is 1.48 bits per heavy atom. The van der Waals surface area contributed by atoms with Crippen molar-refractivity contribution >= 4 is 0 Å². The van der Waals surface area contributed by atoms with Crippen LogP contribution < -0.4 is 0 Å². The first kappa shape index (κ1) is 35.5. The summed E-state index contributed by atoms with van der Waals surface area (Å²) in [5.41, 5.74) is 3.67. The molecule has 1 aliphatic heterocycles. The van der Waals surface area contributed by atoms with Crippen molar-refractivity contribution < 1.29 is 37.6 Å². The Kier molecular flexibility index (Phi) is 11.8. The molecule has 0 unspecified atom stereocenters. The smallest absolute Gasteiger partial charge is 0.328 e. The summed E-state index contributed by atoms with van der Waals surface area (Å²) in [6.07, 6.45) is -5.08. The van der Waals surface area contributed by atoms with E-state index in [0.717, 1.165) is 27.8 Å². The highest BCUT2D eigenvalue weighted by Crippen LogP contribution is 2.49. The Bertz CT molecular complexity index is 1720. The summed E-state index contributed by atoms with van der Waals surface area (Å²) in [6.45, 7) is 1.92. The monoisotopic (exact) mass is 680 g/mol. The number of hydrogen-bond donors (Lipinski definition) is 1. The molecule has 5 atom stereocenters. The van der Waals surface area contributed by atoms with E-state index in [1.165, 1.54) is 12.1 Å². The van der Waals surface area contributed by atoms with Crippen molar-refractivity contribution in [3.8, 4) is 0 Å². The van der Waals surface area contributed by atoms with Crippen LogP contribution in [-0.2, 0) is 56.0 Å². The second-order valence-electron chi connectivity index (χ2n) is 12.5. The molecule has 1 saturated heterocycles. The summed E-state index contributed by atoms with van der Waals surface area (Å²) in [6, 6.07) is 43.3. The Hall–Kier alpha value is -4.28. The molecule has 1 N–H and O–H groups in total. The Labute approximate surface area is 292 Å². The average Bonchev–Trinajstić information content (AvgIpc) is 3.15. The van der Waals surface area contributed by atoms with Crippen molar-refractivity contribution in [2.75, 3.05) is 6.61 Å². The fourth-order valence-electron chi connectivity index (χ4n) is 6.08. The minimum atomic E-state index is -3.95. The summed E-state index contributed by atoms with van der Waals surface area (Å²) in [4.78, 5) is 0. The summed E-state index contributed by atoms with van der Waals surface area (Å²) >= 11 is 0. The maximum atomic E-state index is 17.0. The van der Waals surface area contributed by atoms with Crippen molar-refractivity contribution in [1.82, 2.24) is 0 Å². The molecule has 1 fully saturated rings. The summed E-state index contributed by atoms with van der Waals surface area (Å²) < 4.78 is 65.7. The van der Waals surface area contributed by atoms with Crippen LogP contribution in [0.4, 0.5) is 8.78 Å². The molecule has 0 amide bonds. The zero-order valence-electron chi connectivity index (χ0n) is 27.9. The van der Waals surface area contributed by atoms with Crippen LogP contribution in [0.1, 0.15) is 33.4 Å². The van der Waals surface area contributed by atoms with E-state index in [1.807, 2.05) is 128 Å². The second kappa shape index (κ2) is 16.6. The van der Waals surface area contributed by atoms with E-state index in [1.54, 1.807) is 12.1 Å². The van der Waals surface area contributed by atoms with Crippen LogP contribution in [0.5, 0.6) is 0 Å². The predicted molar refractivity (Wildman–Crippen MR) is 186 cm³/mol. The topological polar surface area (TPSA) is 66.4 Å². The second-order valence-corrected chi connectivity index (χ2v) is 12.5. The molecule has 0 spiro atoms. The normalized spacial score (nSPS) is 22.3. The number of halogens is 2. The van der Waals surface area contributed by atoms with Gasteiger partial charge in [-0.05, 0) is 29.2 Å². The molecule has 6 nitrogen and oxygen atoms in total. The lowest BCUT2D eigenvalue weighted by Gasteiger charge is -2.52. The van der Waals surface area contributed by atoms with E-state index in [9.17, 15) is 5.11 Å². The maximum absolute atomic E-state index is 17.0. The van der Waals surface area contributed by atoms with Crippen LogP contribution in [0.15, 0.2) is 146 Å². The zero-order chi connectivity index (χ0) is 34.8. The Balaban J connectivity index is 1.41. The SMILES string of the molecule is Cc1ccc(C(F)(F)[C@]2(O)O[C@H](COCc3ccccc3)[C@@H](OCc3ccccc3)[C@H](OCc3ccccc3)[C@H]2OCc2ccccc2)cc1. The van der Waals surface area contributed by atoms with Gasteiger partial charge in [0, 0.05) is 5.56 Å². The third kappa shape index (κ3) is 8.53. The molecular formula is C42H42F2O6. The molecule has 5 aromatic rings. The Morgan fingerprint density at radius 2 is 1.00 bits per heavy atom. The maximum Gasteiger partial charge on any atom is 0.328 e. The quantitative estimate of drug-likeness (QED) is 0.120. The molecular weight excluding hydrogens is 638 g/mol. The fraction of sp³-hybridized carbons (Fsp3) is 0.286. The number of rotatable bonds is 15. The highest BCUT2D eigenvalue weighted by molar-refractivity contribution is 5.28. The first-order chi connectivity index (χ1) is 24.3. The first-order valence-electron chi connectivity index (χ1n) is 16.8. The van der Waals surface area contributed by atoms with Crippen molar-refractivity contribution in [3.05, 3.63) is 179 Å². The van der Waals surface area contributed by atoms with Crippen LogP contribution in [-0.4, -0.2) is 41.9 Å². The third-order valence-corrected chi connectivity index (χ3v) is 8.81. The molecule has 0 aliphatic carbocycles. The van der Waals surface area contributed by atoms with Gasteiger partial charge in [0.25, 0.3) is 5.79 Å². The van der Waals surface area contributed by atoms with Gasteiger partial charge < -0.3 is 28.8 Å².